The van der Waals surface area contributed by atoms with Crippen molar-refractivity contribution in [3.8, 4) is 5.75 Å². The van der Waals surface area contributed by atoms with E-state index in [2.05, 4.69) is 15.6 Å². The Bertz CT molecular complexity index is 1060. The van der Waals surface area contributed by atoms with Crippen LogP contribution in [0.1, 0.15) is 5.56 Å². The summed E-state index contributed by atoms with van der Waals surface area (Å²) in [4.78, 5) is 13.8. The molecule has 3 N–H and O–H groups in total. The number of rotatable bonds is 3. The Morgan fingerprint density at radius 2 is 1.78 bits per heavy atom. The van der Waals surface area contributed by atoms with Crippen molar-refractivity contribution < 1.29 is 17.9 Å². The van der Waals surface area contributed by atoms with Crippen molar-refractivity contribution in [3.63, 3.8) is 0 Å². The highest BCUT2D eigenvalue weighted by molar-refractivity contribution is 7.80. The van der Waals surface area contributed by atoms with Crippen LogP contribution in [0, 0.1) is 0 Å². The van der Waals surface area contributed by atoms with Crippen molar-refractivity contribution in [1.82, 2.24) is 4.98 Å². The first-order valence-electron chi connectivity index (χ1n) is 7.72. The minimum absolute atomic E-state index is 0.0899. The van der Waals surface area contributed by atoms with Gasteiger partial charge in [0.1, 0.15) is 5.75 Å². The number of benzene rings is 2. The third-order valence-electron chi connectivity index (χ3n) is 3.73. The molecule has 0 bridgehead atoms. The SMILES string of the molecule is COc1cccc(NC(=S)Nc2ccc3[nH]c(=O)cc(C(F)(F)F)c3c2)c1. The summed E-state index contributed by atoms with van der Waals surface area (Å²) in [5.74, 6) is 0.632. The molecule has 0 fully saturated rings. The number of H-pyrrole nitrogens is 1. The van der Waals surface area contributed by atoms with Gasteiger partial charge in [-0.25, -0.2) is 0 Å². The van der Waals surface area contributed by atoms with E-state index in [4.69, 9.17) is 17.0 Å². The molecule has 3 rings (SSSR count). The van der Waals surface area contributed by atoms with Crippen molar-refractivity contribution >= 4 is 39.6 Å². The second-order valence-electron chi connectivity index (χ2n) is 5.62. The number of anilines is 2. The summed E-state index contributed by atoms with van der Waals surface area (Å²) in [7, 11) is 1.54. The zero-order valence-electron chi connectivity index (χ0n) is 14.0. The van der Waals surface area contributed by atoms with Gasteiger partial charge in [0.25, 0.3) is 0 Å². The van der Waals surface area contributed by atoms with Crippen molar-refractivity contribution in [1.29, 1.82) is 0 Å². The number of halogens is 3. The van der Waals surface area contributed by atoms with Gasteiger partial charge in [0.05, 0.1) is 12.7 Å². The second kappa shape index (κ2) is 7.28. The van der Waals surface area contributed by atoms with E-state index in [-0.39, 0.29) is 16.0 Å². The van der Waals surface area contributed by atoms with Gasteiger partial charge in [-0.3, -0.25) is 4.79 Å². The largest absolute Gasteiger partial charge is 0.497 e. The first kappa shape index (κ1) is 18.7. The third-order valence-corrected chi connectivity index (χ3v) is 3.94. The molecule has 27 heavy (non-hydrogen) atoms. The number of alkyl halides is 3. The minimum atomic E-state index is -4.65. The maximum absolute atomic E-state index is 13.2. The number of ether oxygens (including phenoxy) is 1. The highest BCUT2D eigenvalue weighted by Crippen LogP contribution is 2.34. The quantitative estimate of drug-likeness (QED) is 0.577. The van der Waals surface area contributed by atoms with Crippen LogP contribution in [-0.2, 0) is 6.18 Å². The molecule has 0 atom stereocenters. The predicted molar refractivity (Wildman–Crippen MR) is 102 cm³/mol. The van der Waals surface area contributed by atoms with E-state index in [1.54, 1.807) is 24.3 Å². The van der Waals surface area contributed by atoms with Crippen molar-refractivity contribution in [2.24, 2.45) is 0 Å². The number of hydrogen-bond donors (Lipinski definition) is 3. The molecule has 0 amide bonds. The molecule has 0 aliphatic rings. The first-order valence-corrected chi connectivity index (χ1v) is 8.13. The van der Waals surface area contributed by atoms with Gasteiger partial charge in [-0.15, -0.1) is 0 Å². The lowest BCUT2D eigenvalue weighted by Gasteiger charge is -2.14. The van der Waals surface area contributed by atoms with Gasteiger partial charge in [0, 0.05) is 34.4 Å². The van der Waals surface area contributed by atoms with Crippen LogP contribution in [0.5, 0.6) is 5.75 Å². The number of nitrogens with one attached hydrogen (secondary N) is 3. The fourth-order valence-electron chi connectivity index (χ4n) is 2.56. The van der Waals surface area contributed by atoms with Crippen LogP contribution >= 0.6 is 12.2 Å². The molecule has 0 saturated carbocycles. The summed E-state index contributed by atoms with van der Waals surface area (Å²) in [6.45, 7) is 0. The van der Waals surface area contributed by atoms with E-state index in [9.17, 15) is 18.0 Å². The lowest BCUT2D eigenvalue weighted by molar-refractivity contribution is -0.136. The van der Waals surface area contributed by atoms with Crippen LogP contribution in [0.3, 0.4) is 0 Å². The molecule has 0 radical (unpaired) electrons. The molecule has 1 aromatic heterocycles. The van der Waals surface area contributed by atoms with Gasteiger partial charge in [-0.1, -0.05) is 6.07 Å². The van der Waals surface area contributed by atoms with Crippen LogP contribution in [0.25, 0.3) is 10.9 Å². The van der Waals surface area contributed by atoms with Crippen molar-refractivity contribution in [3.05, 3.63) is 64.4 Å². The Labute approximate surface area is 157 Å². The van der Waals surface area contributed by atoms with Gasteiger partial charge in [0.2, 0.25) is 5.56 Å². The summed E-state index contributed by atoms with van der Waals surface area (Å²) >= 11 is 5.20. The van der Waals surface area contributed by atoms with E-state index >= 15 is 0 Å². The maximum Gasteiger partial charge on any atom is 0.417 e. The number of aromatic amines is 1. The Balaban J connectivity index is 1.87. The molecule has 5 nitrogen and oxygen atoms in total. The van der Waals surface area contributed by atoms with E-state index in [1.807, 2.05) is 0 Å². The zero-order valence-corrected chi connectivity index (χ0v) is 14.8. The molecule has 2 aromatic carbocycles. The fourth-order valence-corrected chi connectivity index (χ4v) is 2.80. The molecular weight excluding hydrogens is 379 g/mol. The summed E-state index contributed by atoms with van der Waals surface area (Å²) in [5, 5.41) is 5.83. The monoisotopic (exact) mass is 393 g/mol. The standard InChI is InChI=1S/C18H14F3N3O2S/c1-26-12-4-2-3-10(7-12)22-17(27)23-11-5-6-15-13(8-11)14(18(19,20)21)9-16(25)24-15/h2-9H,1H3,(H,24,25)(H2,22,23,27). The molecule has 0 aliphatic heterocycles. The lowest BCUT2D eigenvalue weighted by Crippen LogP contribution is -2.19. The summed E-state index contributed by atoms with van der Waals surface area (Å²) in [5.41, 5.74) is -0.720. The normalized spacial score (nSPS) is 11.3. The Kier molecular flexibility index (Phi) is 5.04. The number of pyridine rings is 1. The van der Waals surface area contributed by atoms with Crippen LogP contribution in [-0.4, -0.2) is 17.2 Å². The molecule has 1 heterocycles. The van der Waals surface area contributed by atoms with Gasteiger partial charge in [0.15, 0.2) is 5.11 Å². The molecule has 3 aromatic rings. The molecule has 0 saturated heterocycles. The van der Waals surface area contributed by atoms with Crippen LogP contribution in [0.4, 0.5) is 24.5 Å². The van der Waals surface area contributed by atoms with Crippen LogP contribution in [0.15, 0.2) is 53.3 Å². The highest BCUT2D eigenvalue weighted by Gasteiger charge is 2.33. The highest BCUT2D eigenvalue weighted by atomic mass is 32.1. The zero-order chi connectivity index (χ0) is 19.6. The summed E-state index contributed by atoms with van der Waals surface area (Å²) in [6, 6.07) is 11.8. The number of methoxy groups -OCH3 is 1. The van der Waals surface area contributed by atoms with Crippen LogP contribution < -0.4 is 20.9 Å². The van der Waals surface area contributed by atoms with E-state index in [1.165, 1.54) is 25.3 Å². The average Bonchev–Trinajstić information content (AvgIpc) is 2.60. The van der Waals surface area contributed by atoms with Crippen molar-refractivity contribution in [2.45, 2.75) is 6.18 Å². The fraction of sp³-hybridized carbons (Fsp3) is 0.111. The third kappa shape index (κ3) is 4.37. The minimum Gasteiger partial charge on any atom is -0.497 e. The Morgan fingerprint density at radius 3 is 2.44 bits per heavy atom. The number of hydrogen-bond acceptors (Lipinski definition) is 3. The molecule has 140 valence electrons. The molecule has 9 heteroatoms. The Hall–Kier alpha value is -3.07. The topological polar surface area (TPSA) is 66.2 Å². The van der Waals surface area contributed by atoms with E-state index < -0.39 is 17.3 Å². The predicted octanol–water partition coefficient (Wildman–Crippen LogP) is 4.36. The lowest BCUT2D eigenvalue weighted by atomic mass is 10.1. The number of thiocarbonyl (C=S) groups is 1. The van der Waals surface area contributed by atoms with Gasteiger partial charge in [-0.2, -0.15) is 13.2 Å². The van der Waals surface area contributed by atoms with E-state index in [0.29, 0.717) is 23.2 Å². The summed E-state index contributed by atoms with van der Waals surface area (Å²) in [6.07, 6.45) is -4.65. The van der Waals surface area contributed by atoms with Gasteiger partial charge >= 0.3 is 6.18 Å². The van der Waals surface area contributed by atoms with Gasteiger partial charge in [-0.05, 0) is 42.5 Å². The second-order valence-corrected chi connectivity index (χ2v) is 6.02. The number of aromatic nitrogens is 1. The first-order chi connectivity index (χ1) is 12.8. The average molecular weight is 393 g/mol. The number of fused-ring (bicyclic) bond motifs is 1. The molecular formula is C18H14F3N3O2S. The molecule has 0 unspecified atom stereocenters. The van der Waals surface area contributed by atoms with E-state index in [0.717, 1.165) is 0 Å². The van der Waals surface area contributed by atoms with Gasteiger partial charge < -0.3 is 20.4 Å². The van der Waals surface area contributed by atoms with Crippen molar-refractivity contribution in [2.75, 3.05) is 17.7 Å². The Morgan fingerprint density at radius 1 is 1.07 bits per heavy atom. The van der Waals surface area contributed by atoms with Crippen LogP contribution in [0.2, 0.25) is 0 Å². The summed E-state index contributed by atoms with van der Waals surface area (Å²) < 4.78 is 44.8. The smallest absolute Gasteiger partial charge is 0.417 e. The maximum atomic E-state index is 13.2. The molecule has 0 aliphatic carbocycles. The molecule has 0 spiro atoms.